The van der Waals surface area contributed by atoms with Crippen molar-refractivity contribution in [3.8, 4) is 17.1 Å². The van der Waals surface area contributed by atoms with Gasteiger partial charge < -0.3 is 9.73 Å². The Bertz CT molecular complexity index is 962. The zero-order valence-electron chi connectivity index (χ0n) is 13.6. The van der Waals surface area contributed by atoms with Gasteiger partial charge in [-0.25, -0.2) is 4.98 Å². The van der Waals surface area contributed by atoms with Crippen LogP contribution in [0.15, 0.2) is 65.5 Å². The second-order valence-electron chi connectivity index (χ2n) is 5.47. The average molecular weight is 332 g/mol. The Morgan fingerprint density at radius 2 is 1.84 bits per heavy atom. The van der Waals surface area contributed by atoms with E-state index in [0.29, 0.717) is 18.5 Å². The van der Waals surface area contributed by atoms with E-state index in [0.717, 1.165) is 22.8 Å². The van der Waals surface area contributed by atoms with E-state index in [-0.39, 0.29) is 0 Å². The molecule has 0 spiro atoms. The van der Waals surface area contributed by atoms with Crippen molar-refractivity contribution in [1.82, 2.24) is 24.7 Å². The molecule has 0 radical (unpaired) electrons. The van der Waals surface area contributed by atoms with Crippen molar-refractivity contribution in [1.29, 1.82) is 0 Å². The standard InChI is InChI=1S/C18H16N6O/c1-13-20-11-16(24(13)15-5-3-2-4-6-15)12-21-18-23-22-17(25-18)14-7-9-19-10-8-14/h2-11H,12H2,1H3,(H,21,23). The predicted molar refractivity (Wildman–Crippen MR) is 93.2 cm³/mol. The molecule has 0 saturated carbocycles. The highest BCUT2D eigenvalue weighted by Crippen LogP contribution is 2.20. The maximum Gasteiger partial charge on any atom is 0.316 e. The third-order valence-electron chi connectivity index (χ3n) is 3.80. The molecule has 0 fully saturated rings. The van der Waals surface area contributed by atoms with Crippen LogP contribution < -0.4 is 5.32 Å². The lowest BCUT2D eigenvalue weighted by Crippen LogP contribution is -2.07. The summed E-state index contributed by atoms with van der Waals surface area (Å²) in [6.45, 7) is 2.50. The number of anilines is 1. The van der Waals surface area contributed by atoms with Gasteiger partial charge in [0.05, 0.1) is 18.4 Å². The molecule has 0 aliphatic rings. The monoisotopic (exact) mass is 332 g/mol. The van der Waals surface area contributed by atoms with E-state index >= 15 is 0 Å². The molecule has 1 N–H and O–H groups in total. The summed E-state index contributed by atoms with van der Waals surface area (Å²) in [5.41, 5.74) is 2.91. The maximum absolute atomic E-state index is 5.65. The van der Waals surface area contributed by atoms with Crippen LogP contribution in [0.2, 0.25) is 0 Å². The number of hydrogen-bond donors (Lipinski definition) is 1. The fraction of sp³-hybridized carbons (Fsp3) is 0.111. The number of pyridine rings is 1. The third-order valence-corrected chi connectivity index (χ3v) is 3.80. The lowest BCUT2D eigenvalue weighted by Gasteiger charge is -2.10. The number of hydrogen-bond acceptors (Lipinski definition) is 6. The van der Waals surface area contributed by atoms with Gasteiger partial charge in [-0.2, -0.15) is 0 Å². The molecule has 1 aromatic carbocycles. The van der Waals surface area contributed by atoms with Crippen molar-refractivity contribution in [3.05, 3.63) is 72.6 Å². The predicted octanol–water partition coefficient (Wildman–Crippen LogP) is 3.24. The summed E-state index contributed by atoms with van der Waals surface area (Å²) in [6.07, 6.45) is 5.22. The molecule has 0 amide bonds. The molecule has 0 unspecified atom stereocenters. The van der Waals surface area contributed by atoms with Crippen molar-refractivity contribution < 1.29 is 4.42 Å². The Morgan fingerprint density at radius 1 is 1.04 bits per heavy atom. The largest absolute Gasteiger partial charge is 0.403 e. The summed E-state index contributed by atoms with van der Waals surface area (Å²) in [4.78, 5) is 8.39. The van der Waals surface area contributed by atoms with Crippen molar-refractivity contribution in [3.63, 3.8) is 0 Å². The Hall–Kier alpha value is -3.48. The fourth-order valence-electron chi connectivity index (χ4n) is 2.62. The number of rotatable bonds is 5. The lowest BCUT2D eigenvalue weighted by molar-refractivity contribution is 0.580. The van der Waals surface area contributed by atoms with E-state index in [4.69, 9.17) is 4.42 Å². The van der Waals surface area contributed by atoms with Crippen LogP contribution in [0.1, 0.15) is 11.5 Å². The molecule has 0 aliphatic heterocycles. The number of imidazole rings is 1. The second kappa shape index (κ2) is 6.56. The smallest absolute Gasteiger partial charge is 0.316 e. The second-order valence-corrected chi connectivity index (χ2v) is 5.47. The minimum Gasteiger partial charge on any atom is -0.403 e. The van der Waals surface area contributed by atoms with Gasteiger partial charge in [0.1, 0.15) is 5.82 Å². The Kier molecular flexibility index (Phi) is 3.96. The molecule has 25 heavy (non-hydrogen) atoms. The zero-order valence-corrected chi connectivity index (χ0v) is 13.6. The lowest BCUT2D eigenvalue weighted by atomic mass is 10.3. The van der Waals surface area contributed by atoms with Crippen LogP contribution in [0.4, 0.5) is 6.01 Å². The summed E-state index contributed by atoms with van der Waals surface area (Å²) in [5, 5.41) is 11.3. The van der Waals surface area contributed by atoms with E-state index in [1.54, 1.807) is 12.4 Å². The van der Waals surface area contributed by atoms with E-state index in [1.165, 1.54) is 0 Å². The average Bonchev–Trinajstić information content (AvgIpc) is 3.28. The van der Waals surface area contributed by atoms with Gasteiger partial charge in [0.15, 0.2) is 0 Å². The molecule has 0 saturated heterocycles. The van der Waals surface area contributed by atoms with Crippen LogP contribution in [0.3, 0.4) is 0 Å². The van der Waals surface area contributed by atoms with Crippen LogP contribution >= 0.6 is 0 Å². The van der Waals surface area contributed by atoms with E-state index < -0.39 is 0 Å². The molecule has 3 heterocycles. The number of nitrogens with zero attached hydrogens (tertiary/aromatic N) is 5. The van der Waals surface area contributed by atoms with E-state index in [2.05, 4.69) is 30.0 Å². The molecule has 7 nitrogen and oxygen atoms in total. The first-order valence-corrected chi connectivity index (χ1v) is 7.87. The van der Waals surface area contributed by atoms with Gasteiger partial charge in [0, 0.05) is 23.6 Å². The van der Waals surface area contributed by atoms with Gasteiger partial charge in [-0.15, -0.1) is 5.10 Å². The van der Waals surface area contributed by atoms with Gasteiger partial charge in [0.25, 0.3) is 0 Å². The third kappa shape index (κ3) is 3.12. The van der Waals surface area contributed by atoms with Gasteiger partial charge in [0.2, 0.25) is 5.89 Å². The van der Waals surface area contributed by atoms with Gasteiger partial charge in [-0.05, 0) is 31.2 Å². The summed E-state index contributed by atoms with van der Waals surface area (Å²) in [6, 6.07) is 14.1. The molecule has 7 heteroatoms. The quantitative estimate of drug-likeness (QED) is 0.604. The summed E-state index contributed by atoms with van der Waals surface area (Å²) in [7, 11) is 0. The van der Waals surface area contributed by atoms with E-state index in [1.807, 2.05) is 55.6 Å². The number of aromatic nitrogens is 5. The molecule has 4 rings (SSSR count). The van der Waals surface area contributed by atoms with Crippen molar-refractivity contribution >= 4 is 6.01 Å². The molecule has 4 aromatic rings. The van der Waals surface area contributed by atoms with Crippen molar-refractivity contribution in [2.75, 3.05) is 5.32 Å². The molecular weight excluding hydrogens is 316 g/mol. The zero-order chi connectivity index (χ0) is 17.1. The molecule has 0 atom stereocenters. The Labute approximate surface area is 144 Å². The first-order chi connectivity index (χ1) is 12.3. The van der Waals surface area contributed by atoms with Crippen LogP contribution in [-0.2, 0) is 6.54 Å². The molecule has 0 bridgehead atoms. The normalized spacial score (nSPS) is 10.8. The van der Waals surface area contributed by atoms with Crippen LogP contribution in [0.25, 0.3) is 17.1 Å². The number of benzene rings is 1. The van der Waals surface area contributed by atoms with E-state index in [9.17, 15) is 0 Å². The topological polar surface area (TPSA) is 81.7 Å². The molecular formula is C18H16N6O. The maximum atomic E-state index is 5.65. The molecule has 3 aromatic heterocycles. The van der Waals surface area contributed by atoms with Crippen molar-refractivity contribution in [2.24, 2.45) is 0 Å². The molecule has 0 aliphatic carbocycles. The highest BCUT2D eigenvalue weighted by atomic mass is 16.4. The van der Waals surface area contributed by atoms with Crippen LogP contribution in [0.5, 0.6) is 0 Å². The first kappa shape index (κ1) is 15.1. The highest BCUT2D eigenvalue weighted by molar-refractivity contribution is 5.51. The number of nitrogens with one attached hydrogen (secondary N) is 1. The van der Waals surface area contributed by atoms with Crippen molar-refractivity contribution in [2.45, 2.75) is 13.5 Å². The summed E-state index contributed by atoms with van der Waals surface area (Å²) >= 11 is 0. The number of para-hydroxylation sites is 1. The minimum atomic E-state index is 0.366. The number of aryl methyl sites for hydroxylation is 1. The summed E-state index contributed by atoms with van der Waals surface area (Å²) < 4.78 is 7.74. The fourth-order valence-corrected chi connectivity index (χ4v) is 2.62. The Balaban J connectivity index is 1.52. The highest BCUT2D eigenvalue weighted by Gasteiger charge is 2.11. The summed E-state index contributed by atoms with van der Waals surface area (Å²) in [5.74, 6) is 1.38. The SMILES string of the molecule is Cc1ncc(CNc2nnc(-c3ccncc3)o2)n1-c1ccccc1. The van der Waals surface area contributed by atoms with Gasteiger partial charge in [-0.1, -0.05) is 23.3 Å². The Morgan fingerprint density at radius 3 is 2.64 bits per heavy atom. The van der Waals surface area contributed by atoms with Gasteiger partial charge >= 0.3 is 6.01 Å². The van der Waals surface area contributed by atoms with Crippen LogP contribution in [0, 0.1) is 6.92 Å². The van der Waals surface area contributed by atoms with Crippen LogP contribution in [-0.4, -0.2) is 24.7 Å². The first-order valence-electron chi connectivity index (χ1n) is 7.87. The minimum absolute atomic E-state index is 0.366. The van der Waals surface area contributed by atoms with Gasteiger partial charge in [-0.3, -0.25) is 9.55 Å². The molecule has 124 valence electrons.